The minimum atomic E-state index is -0.412. The van der Waals surface area contributed by atoms with Gasteiger partial charge in [0.1, 0.15) is 23.7 Å². The topological polar surface area (TPSA) is 85.7 Å². The maximum absolute atomic E-state index is 12.6. The highest BCUT2D eigenvalue weighted by atomic mass is 32.1. The Bertz CT molecular complexity index is 819. The Morgan fingerprint density at radius 2 is 2.00 bits per heavy atom. The number of nitrogens with one attached hydrogen (secondary N) is 2. The van der Waals surface area contributed by atoms with E-state index in [0.29, 0.717) is 17.1 Å². The number of thiophene rings is 1. The van der Waals surface area contributed by atoms with Crippen molar-refractivity contribution in [2.75, 3.05) is 57.9 Å². The highest BCUT2D eigenvalue weighted by Gasteiger charge is 2.23. The Labute approximate surface area is 181 Å². The lowest BCUT2D eigenvalue weighted by Crippen LogP contribution is -3.14. The van der Waals surface area contributed by atoms with E-state index in [2.05, 4.69) is 5.32 Å². The van der Waals surface area contributed by atoms with Crippen LogP contribution in [0.5, 0.6) is 0 Å². The van der Waals surface area contributed by atoms with E-state index >= 15 is 0 Å². The van der Waals surface area contributed by atoms with Crippen molar-refractivity contribution in [1.82, 2.24) is 0 Å². The van der Waals surface area contributed by atoms with Crippen LogP contribution in [0.3, 0.4) is 0 Å². The Balaban J connectivity index is 1.54. The predicted molar refractivity (Wildman–Crippen MR) is 117 cm³/mol. The van der Waals surface area contributed by atoms with Gasteiger partial charge in [-0.15, -0.1) is 11.3 Å². The number of rotatable bonds is 10. The molecule has 8 heteroatoms. The molecule has 1 fully saturated rings. The average molecular weight is 434 g/mol. The summed E-state index contributed by atoms with van der Waals surface area (Å²) in [6.07, 6.45) is 1.06. The Kier molecular flexibility index (Phi) is 8.82. The number of hydrogen-bond donors (Lipinski definition) is 3. The van der Waals surface area contributed by atoms with Crippen LogP contribution in [0, 0.1) is 0 Å². The Morgan fingerprint density at radius 3 is 2.73 bits per heavy atom. The first-order valence-corrected chi connectivity index (χ1v) is 11.4. The van der Waals surface area contributed by atoms with E-state index in [0.717, 1.165) is 56.9 Å². The fraction of sp³-hybridized carbons (Fsp3) is 0.455. The molecule has 7 nitrogen and oxygen atoms in total. The summed E-state index contributed by atoms with van der Waals surface area (Å²) in [5.74, 6) is -0.522. The SMILES string of the molecule is CCOC(=O)c1c(-c2ccccc2)csc1NC(=O)C[NH2+]CCC[NH+]1CCOCC1. The molecule has 162 valence electrons. The summed E-state index contributed by atoms with van der Waals surface area (Å²) in [4.78, 5) is 26.6. The second-order valence-corrected chi connectivity index (χ2v) is 8.12. The summed E-state index contributed by atoms with van der Waals surface area (Å²) in [6, 6.07) is 9.67. The highest BCUT2D eigenvalue weighted by molar-refractivity contribution is 7.15. The van der Waals surface area contributed by atoms with Crippen molar-refractivity contribution in [2.24, 2.45) is 0 Å². The molecule has 3 rings (SSSR count). The van der Waals surface area contributed by atoms with Crippen LogP contribution in [0.15, 0.2) is 35.7 Å². The van der Waals surface area contributed by atoms with E-state index in [1.54, 1.807) is 11.8 Å². The van der Waals surface area contributed by atoms with Gasteiger partial charge in [0, 0.05) is 17.4 Å². The monoisotopic (exact) mass is 433 g/mol. The van der Waals surface area contributed by atoms with E-state index in [1.807, 2.05) is 41.0 Å². The quantitative estimate of drug-likeness (QED) is 0.374. The van der Waals surface area contributed by atoms with Crippen LogP contribution in [0.25, 0.3) is 11.1 Å². The van der Waals surface area contributed by atoms with Crippen LogP contribution < -0.4 is 15.5 Å². The van der Waals surface area contributed by atoms with Crippen LogP contribution in [-0.2, 0) is 14.3 Å². The number of nitrogens with two attached hydrogens (primary N) is 1. The summed E-state index contributed by atoms with van der Waals surface area (Å²) >= 11 is 1.35. The molecule has 0 bridgehead atoms. The van der Waals surface area contributed by atoms with Gasteiger partial charge in [-0.25, -0.2) is 4.79 Å². The predicted octanol–water partition coefficient (Wildman–Crippen LogP) is 0.399. The van der Waals surface area contributed by atoms with Gasteiger partial charge in [-0.05, 0) is 12.5 Å². The zero-order chi connectivity index (χ0) is 21.2. The third-order valence-electron chi connectivity index (χ3n) is 5.08. The summed E-state index contributed by atoms with van der Waals surface area (Å²) in [5.41, 5.74) is 2.14. The van der Waals surface area contributed by atoms with E-state index in [1.165, 1.54) is 11.3 Å². The third kappa shape index (κ3) is 6.37. The lowest BCUT2D eigenvalue weighted by Gasteiger charge is -2.23. The fourth-order valence-electron chi connectivity index (χ4n) is 3.50. The number of quaternary nitrogens is 2. The molecule has 0 unspecified atom stereocenters. The van der Waals surface area contributed by atoms with Crippen molar-refractivity contribution >= 4 is 28.2 Å². The molecule has 2 heterocycles. The van der Waals surface area contributed by atoms with Crippen LogP contribution in [-0.4, -0.2) is 64.4 Å². The number of benzene rings is 1. The summed E-state index contributed by atoms with van der Waals surface area (Å²) < 4.78 is 10.6. The molecular formula is C22H31N3O4S+2. The first-order chi connectivity index (χ1) is 14.7. The third-order valence-corrected chi connectivity index (χ3v) is 5.97. The van der Waals surface area contributed by atoms with Crippen molar-refractivity contribution in [3.8, 4) is 11.1 Å². The van der Waals surface area contributed by atoms with Gasteiger partial charge in [-0.2, -0.15) is 0 Å². The number of carbonyl (C=O) groups excluding carboxylic acids is 2. The van der Waals surface area contributed by atoms with Crippen LogP contribution >= 0.6 is 11.3 Å². The summed E-state index contributed by atoms with van der Waals surface area (Å²) in [5, 5.41) is 7.36. The van der Waals surface area contributed by atoms with Crippen LogP contribution in [0.2, 0.25) is 0 Å². The zero-order valence-corrected chi connectivity index (χ0v) is 18.3. The molecule has 0 spiro atoms. The second kappa shape index (κ2) is 11.8. The minimum Gasteiger partial charge on any atom is -0.462 e. The summed E-state index contributed by atoms with van der Waals surface area (Å²) in [6.45, 7) is 8.24. The maximum atomic E-state index is 12.6. The van der Waals surface area contributed by atoms with E-state index < -0.39 is 5.97 Å². The number of esters is 1. The van der Waals surface area contributed by atoms with Gasteiger partial charge in [-0.3, -0.25) is 4.79 Å². The zero-order valence-electron chi connectivity index (χ0n) is 17.4. The first kappa shape index (κ1) is 22.4. The lowest BCUT2D eigenvalue weighted by molar-refractivity contribution is -0.909. The number of amides is 1. The van der Waals surface area contributed by atoms with Gasteiger partial charge in [0.15, 0.2) is 6.54 Å². The van der Waals surface area contributed by atoms with Crippen molar-refractivity contribution in [3.63, 3.8) is 0 Å². The first-order valence-electron chi connectivity index (χ1n) is 10.6. The Morgan fingerprint density at radius 1 is 1.23 bits per heavy atom. The molecule has 1 aromatic carbocycles. The fourth-order valence-corrected chi connectivity index (χ4v) is 4.48. The van der Waals surface area contributed by atoms with Gasteiger partial charge in [0.05, 0.1) is 32.9 Å². The molecular weight excluding hydrogens is 402 g/mol. The van der Waals surface area contributed by atoms with Gasteiger partial charge >= 0.3 is 5.97 Å². The van der Waals surface area contributed by atoms with Crippen LogP contribution in [0.1, 0.15) is 23.7 Å². The number of morpholine rings is 1. The molecule has 0 saturated carbocycles. The average Bonchev–Trinajstić information content (AvgIpc) is 3.18. The molecule has 0 radical (unpaired) electrons. The van der Waals surface area contributed by atoms with Gasteiger partial charge < -0.3 is 25.0 Å². The van der Waals surface area contributed by atoms with E-state index in [9.17, 15) is 9.59 Å². The van der Waals surface area contributed by atoms with Gasteiger partial charge in [-0.1, -0.05) is 30.3 Å². The summed E-state index contributed by atoms with van der Waals surface area (Å²) in [7, 11) is 0. The Hall–Kier alpha value is -2.26. The standard InChI is InChI=1S/C22H29N3O4S/c1-2-29-22(27)20-18(17-7-4-3-5-8-17)16-30-21(20)24-19(26)15-23-9-6-10-25-11-13-28-14-12-25/h3-5,7-8,16,23H,2,6,9-15H2,1H3,(H,24,26)/p+2. The number of hydrogen-bond acceptors (Lipinski definition) is 5. The van der Waals surface area contributed by atoms with Crippen molar-refractivity contribution < 1.29 is 29.3 Å². The molecule has 1 aromatic heterocycles. The number of carbonyl (C=O) groups is 2. The molecule has 1 aliphatic heterocycles. The van der Waals surface area contributed by atoms with E-state index in [-0.39, 0.29) is 12.5 Å². The molecule has 2 aromatic rings. The smallest absolute Gasteiger partial charge is 0.341 e. The van der Waals surface area contributed by atoms with Crippen molar-refractivity contribution in [3.05, 3.63) is 41.3 Å². The lowest BCUT2D eigenvalue weighted by atomic mass is 10.0. The number of anilines is 1. The molecule has 30 heavy (non-hydrogen) atoms. The molecule has 4 N–H and O–H groups in total. The highest BCUT2D eigenvalue weighted by Crippen LogP contribution is 2.36. The molecule has 0 aliphatic carbocycles. The second-order valence-electron chi connectivity index (χ2n) is 7.24. The molecule has 0 atom stereocenters. The van der Waals surface area contributed by atoms with Crippen molar-refractivity contribution in [2.45, 2.75) is 13.3 Å². The molecule has 1 aliphatic rings. The number of ether oxygens (including phenoxy) is 2. The van der Waals surface area contributed by atoms with Gasteiger partial charge in [0.25, 0.3) is 5.91 Å². The normalized spacial score (nSPS) is 14.4. The van der Waals surface area contributed by atoms with E-state index in [4.69, 9.17) is 9.47 Å². The molecule has 1 amide bonds. The van der Waals surface area contributed by atoms with Crippen molar-refractivity contribution in [1.29, 1.82) is 0 Å². The molecule has 1 saturated heterocycles. The maximum Gasteiger partial charge on any atom is 0.341 e. The van der Waals surface area contributed by atoms with Gasteiger partial charge in [0.2, 0.25) is 0 Å². The largest absolute Gasteiger partial charge is 0.462 e. The minimum absolute atomic E-state index is 0.110. The van der Waals surface area contributed by atoms with Crippen LogP contribution in [0.4, 0.5) is 5.00 Å².